The van der Waals surface area contributed by atoms with Crippen LogP contribution in [0.3, 0.4) is 0 Å². The van der Waals surface area contributed by atoms with Gasteiger partial charge in [0, 0.05) is 13.1 Å². The molecule has 0 amide bonds. The Morgan fingerprint density at radius 2 is 1.06 bits per heavy atom. The third-order valence-electron chi connectivity index (χ3n) is 2.01. The van der Waals surface area contributed by atoms with Gasteiger partial charge in [-0.2, -0.15) is 0 Å². The molecular weight excluding hydrogens is 248 g/mol. The molecule has 0 bridgehead atoms. The molecule has 4 N–H and O–H groups in total. The van der Waals surface area contributed by atoms with Crippen LogP contribution in [0.2, 0.25) is 0 Å². The molecule has 0 spiro atoms. The third-order valence-corrected chi connectivity index (χ3v) is 2.01. The van der Waals surface area contributed by atoms with E-state index in [1.54, 1.807) is 0 Å². The fraction of sp³-hybridized carbons (Fsp3) is 0.667. The minimum absolute atomic E-state index is 0.0342. The summed E-state index contributed by atoms with van der Waals surface area (Å²) in [6.45, 7) is -1.72. The summed E-state index contributed by atoms with van der Waals surface area (Å²) < 4.78 is 0. The lowest BCUT2D eigenvalue weighted by Gasteiger charge is -2.22. The van der Waals surface area contributed by atoms with Gasteiger partial charge >= 0.3 is 17.9 Å². The van der Waals surface area contributed by atoms with Crippen LogP contribution in [-0.4, -0.2) is 87.6 Å². The number of nitrogens with zero attached hydrogens (tertiary/aromatic N) is 2. The minimum atomic E-state index is -1.18. The molecule has 0 saturated carbocycles. The Hall–Kier alpha value is -1.71. The number of carbonyl (C=O) groups is 3. The molecule has 9 heteroatoms. The second kappa shape index (κ2) is 8.39. The van der Waals surface area contributed by atoms with Gasteiger partial charge in [0.1, 0.15) is 0 Å². The summed E-state index contributed by atoms with van der Waals surface area (Å²) in [6.07, 6.45) is 0. The fourth-order valence-corrected chi connectivity index (χ4v) is 1.27. The topological polar surface area (TPSA) is 139 Å². The molecule has 18 heavy (non-hydrogen) atoms. The van der Waals surface area contributed by atoms with Crippen molar-refractivity contribution in [3.63, 3.8) is 0 Å². The highest BCUT2D eigenvalue weighted by Gasteiger charge is 2.15. The molecule has 0 aliphatic rings. The van der Waals surface area contributed by atoms with Crippen molar-refractivity contribution in [3.8, 4) is 0 Å². The van der Waals surface area contributed by atoms with Crippen LogP contribution in [0, 0.1) is 0 Å². The Bertz CT molecular complexity index is 291. The quantitative estimate of drug-likeness (QED) is 0.323. The Kier molecular flexibility index (Phi) is 7.59. The summed E-state index contributed by atoms with van der Waals surface area (Å²) in [5.41, 5.74) is 0. The summed E-state index contributed by atoms with van der Waals surface area (Å²) in [7, 11) is 0. The first-order valence-corrected chi connectivity index (χ1v) is 5.06. The molecule has 0 heterocycles. The van der Waals surface area contributed by atoms with Crippen LogP contribution in [0.4, 0.5) is 0 Å². The number of aliphatic hydroxyl groups is 1. The van der Waals surface area contributed by atoms with Crippen LogP contribution in [0.25, 0.3) is 0 Å². The van der Waals surface area contributed by atoms with Crippen LogP contribution in [0.15, 0.2) is 0 Å². The van der Waals surface area contributed by atoms with Gasteiger partial charge in [-0.15, -0.1) is 0 Å². The number of hydrogen-bond donors (Lipinski definition) is 4. The first-order chi connectivity index (χ1) is 8.35. The van der Waals surface area contributed by atoms with E-state index in [1.807, 2.05) is 0 Å². The van der Waals surface area contributed by atoms with Gasteiger partial charge in [-0.05, 0) is 0 Å². The molecular formula is C9H16N2O7. The minimum Gasteiger partial charge on any atom is -0.480 e. The van der Waals surface area contributed by atoms with Gasteiger partial charge in [-0.25, -0.2) is 0 Å². The zero-order chi connectivity index (χ0) is 14.1. The highest BCUT2D eigenvalue weighted by molar-refractivity contribution is 5.72. The largest absolute Gasteiger partial charge is 0.480 e. The van der Waals surface area contributed by atoms with E-state index in [1.165, 1.54) is 0 Å². The molecule has 0 atom stereocenters. The number of rotatable bonds is 10. The standard InChI is InChI=1S/C9H16N2O7/c12-6-11(5-9(17)18)2-1-10(3-7(13)14)4-8(15)16/h12H,1-6H2,(H,13,14)(H,15,16)(H,17,18). The molecule has 104 valence electrons. The van der Waals surface area contributed by atoms with Crippen molar-refractivity contribution in [2.24, 2.45) is 0 Å². The van der Waals surface area contributed by atoms with Crippen LogP contribution >= 0.6 is 0 Å². The van der Waals surface area contributed by atoms with E-state index < -0.39 is 44.3 Å². The van der Waals surface area contributed by atoms with Crippen LogP contribution < -0.4 is 0 Å². The number of aliphatic hydroxyl groups excluding tert-OH is 1. The lowest BCUT2D eigenvalue weighted by Crippen LogP contribution is -2.42. The van der Waals surface area contributed by atoms with E-state index in [0.717, 1.165) is 9.80 Å². The molecule has 0 aromatic rings. The Morgan fingerprint density at radius 3 is 1.39 bits per heavy atom. The van der Waals surface area contributed by atoms with Gasteiger partial charge in [0.25, 0.3) is 0 Å². The summed E-state index contributed by atoms with van der Waals surface area (Å²) >= 11 is 0. The van der Waals surface area contributed by atoms with Crippen molar-refractivity contribution in [1.29, 1.82) is 0 Å². The predicted octanol–water partition coefficient (Wildman–Crippen LogP) is -2.21. The highest BCUT2D eigenvalue weighted by Crippen LogP contribution is 1.92. The molecule has 0 radical (unpaired) electrons. The second-order valence-corrected chi connectivity index (χ2v) is 3.59. The van der Waals surface area contributed by atoms with E-state index in [9.17, 15) is 14.4 Å². The molecule has 0 aliphatic carbocycles. The van der Waals surface area contributed by atoms with Crippen molar-refractivity contribution in [2.75, 3.05) is 39.5 Å². The Morgan fingerprint density at radius 1 is 0.722 bits per heavy atom. The van der Waals surface area contributed by atoms with Crippen LogP contribution in [-0.2, 0) is 14.4 Å². The fourth-order valence-electron chi connectivity index (χ4n) is 1.27. The summed E-state index contributed by atoms with van der Waals surface area (Å²) in [5, 5.41) is 34.5. The molecule has 0 aromatic carbocycles. The van der Waals surface area contributed by atoms with Gasteiger partial charge in [0.15, 0.2) is 0 Å². The summed E-state index contributed by atoms with van der Waals surface area (Å²) in [4.78, 5) is 33.7. The average Bonchev–Trinajstić information content (AvgIpc) is 2.21. The molecule has 0 aromatic heterocycles. The van der Waals surface area contributed by atoms with Crippen molar-refractivity contribution in [1.82, 2.24) is 9.80 Å². The van der Waals surface area contributed by atoms with Gasteiger partial charge < -0.3 is 20.4 Å². The van der Waals surface area contributed by atoms with Crippen molar-refractivity contribution >= 4 is 17.9 Å². The van der Waals surface area contributed by atoms with Crippen LogP contribution in [0.1, 0.15) is 0 Å². The average molecular weight is 264 g/mol. The van der Waals surface area contributed by atoms with Gasteiger partial charge in [-0.1, -0.05) is 0 Å². The maximum atomic E-state index is 10.5. The van der Waals surface area contributed by atoms with Crippen molar-refractivity contribution in [2.45, 2.75) is 0 Å². The number of hydrogen-bond acceptors (Lipinski definition) is 6. The van der Waals surface area contributed by atoms with Gasteiger partial charge in [0.2, 0.25) is 0 Å². The zero-order valence-corrected chi connectivity index (χ0v) is 9.65. The summed E-state index contributed by atoms with van der Waals surface area (Å²) in [5.74, 6) is -3.48. The molecule has 9 nitrogen and oxygen atoms in total. The van der Waals surface area contributed by atoms with Crippen LogP contribution in [0.5, 0.6) is 0 Å². The van der Waals surface area contributed by atoms with Crippen molar-refractivity contribution in [3.05, 3.63) is 0 Å². The second-order valence-electron chi connectivity index (χ2n) is 3.59. The van der Waals surface area contributed by atoms with E-state index in [2.05, 4.69) is 0 Å². The molecule has 0 fully saturated rings. The molecule has 0 saturated heterocycles. The maximum Gasteiger partial charge on any atom is 0.317 e. The van der Waals surface area contributed by atoms with E-state index >= 15 is 0 Å². The summed E-state index contributed by atoms with van der Waals surface area (Å²) in [6, 6.07) is 0. The normalized spacial score (nSPS) is 10.8. The smallest absolute Gasteiger partial charge is 0.317 e. The number of aliphatic carboxylic acids is 3. The van der Waals surface area contributed by atoms with Gasteiger partial charge in [-0.3, -0.25) is 24.2 Å². The monoisotopic (exact) mass is 264 g/mol. The first-order valence-electron chi connectivity index (χ1n) is 5.06. The molecule has 0 unspecified atom stereocenters. The molecule has 0 aliphatic heterocycles. The molecule has 0 rings (SSSR count). The first kappa shape index (κ1) is 16.3. The van der Waals surface area contributed by atoms with Crippen molar-refractivity contribution < 1.29 is 34.8 Å². The van der Waals surface area contributed by atoms with E-state index in [4.69, 9.17) is 20.4 Å². The zero-order valence-electron chi connectivity index (χ0n) is 9.65. The maximum absolute atomic E-state index is 10.5. The number of carboxylic acid groups (broad SMARTS) is 3. The Balaban J connectivity index is 4.25. The lowest BCUT2D eigenvalue weighted by atomic mass is 10.4. The van der Waals surface area contributed by atoms with E-state index in [0.29, 0.717) is 0 Å². The SMILES string of the molecule is O=C(O)CN(CO)CCN(CC(=O)O)CC(=O)O. The highest BCUT2D eigenvalue weighted by atomic mass is 16.4. The Labute approximate surface area is 103 Å². The van der Waals surface area contributed by atoms with E-state index in [-0.39, 0.29) is 13.1 Å². The van der Waals surface area contributed by atoms with Gasteiger partial charge in [0.05, 0.1) is 26.4 Å². The lowest BCUT2D eigenvalue weighted by molar-refractivity contribution is -0.143. The number of carboxylic acids is 3. The third kappa shape index (κ3) is 8.44. The predicted molar refractivity (Wildman–Crippen MR) is 58.0 cm³/mol.